The summed E-state index contributed by atoms with van der Waals surface area (Å²) in [5.74, 6) is 5.80. The van der Waals surface area contributed by atoms with E-state index in [1.54, 1.807) is 0 Å². The average molecular weight is 272 g/mol. The van der Waals surface area contributed by atoms with Crippen molar-refractivity contribution in [2.24, 2.45) is 5.84 Å². The number of hydrazine groups is 1. The Morgan fingerprint density at radius 3 is 3.05 bits per heavy atom. The van der Waals surface area contributed by atoms with E-state index in [1.165, 1.54) is 0 Å². The van der Waals surface area contributed by atoms with Crippen molar-refractivity contribution in [3.63, 3.8) is 0 Å². The fraction of sp³-hybridized carbons (Fsp3) is 0.400. The normalized spacial score (nSPS) is 22.0. The summed E-state index contributed by atoms with van der Waals surface area (Å²) >= 11 is 0. The van der Waals surface area contributed by atoms with Gasteiger partial charge in [-0.1, -0.05) is 24.3 Å². The highest BCUT2D eigenvalue weighted by Crippen LogP contribution is 2.27. The number of hydrogen-bond donors (Lipinski definition) is 2. The van der Waals surface area contributed by atoms with Crippen molar-refractivity contribution in [3.8, 4) is 0 Å². The lowest BCUT2D eigenvalue weighted by molar-refractivity contribution is -0.0390. The number of para-hydroxylation sites is 1. The third kappa shape index (κ3) is 2.53. The monoisotopic (exact) mass is 272 g/mol. The van der Waals surface area contributed by atoms with Crippen LogP contribution >= 0.6 is 0 Å². The lowest BCUT2D eigenvalue weighted by Gasteiger charge is -2.35. The van der Waals surface area contributed by atoms with E-state index in [0.29, 0.717) is 0 Å². The average Bonchev–Trinajstić information content (AvgIpc) is 2.48. The number of pyridine rings is 1. The topological polar surface area (TPSA) is 63.4 Å². The van der Waals surface area contributed by atoms with Gasteiger partial charge < -0.3 is 9.64 Å². The Morgan fingerprint density at radius 2 is 2.25 bits per heavy atom. The molecule has 1 aromatic heterocycles. The summed E-state index contributed by atoms with van der Waals surface area (Å²) < 4.78 is 5.89. The first-order valence-corrected chi connectivity index (χ1v) is 6.89. The van der Waals surface area contributed by atoms with Crippen molar-refractivity contribution in [1.29, 1.82) is 0 Å². The molecule has 1 aliphatic rings. The van der Waals surface area contributed by atoms with Crippen LogP contribution < -0.4 is 11.3 Å². The van der Waals surface area contributed by atoms with E-state index in [-0.39, 0.29) is 12.1 Å². The molecule has 3 N–H and O–H groups in total. The molecule has 0 radical (unpaired) electrons. The van der Waals surface area contributed by atoms with Crippen molar-refractivity contribution < 1.29 is 4.74 Å². The van der Waals surface area contributed by atoms with Crippen LogP contribution in [0.25, 0.3) is 10.9 Å². The molecule has 2 heterocycles. The number of hydrogen-bond acceptors (Lipinski definition) is 5. The molecule has 0 aliphatic carbocycles. The van der Waals surface area contributed by atoms with Gasteiger partial charge in [0.1, 0.15) is 0 Å². The maximum absolute atomic E-state index is 5.89. The second-order valence-electron chi connectivity index (χ2n) is 5.24. The predicted molar refractivity (Wildman–Crippen MR) is 79.0 cm³/mol. The number of rotatable bonds is 3. The minimum absolute atomic E-state index is 0.0337. The molecule has 5 nitrogen and oxygen atoms in total. The predicted octanol–water partition coefficient (Wildman–Crippen LogP) is 1.07. The highest BCUT2D eigenvalue weighted by Gasteiger charge is 2.28. The van der Waals surface area contributed by atoms with E-state index in [4.69, 9.17) is 10.6 Å². The third-order valence-electron chi connectivity index (χ3n) is 3.85. The van der Waals surface area contributed by atoms with E-state index in [1.807, 2.05) is 18.3 Å². The SMILES string of the molecule is CN1CCOC(C(NN)c2cccc3cccnc23)C1. The summed E-state index contributed by atoms with van der Waals surface area (Å²) in [5.41, 5.74) is 4.98. The van der Waals surface area contributed by atoms with Crippen molar-refractivity contribution in [1.82, 2.24) is 15.3 Å². The molecule has 2 atom stereocenters. The van der Waals surface area contributed by atoms with Gasteiger partial charge in [0.05, 0.1) is 24.3 Å². The first kappa shape index (κ1) is 13.5. The van der Waals surface area contributed by atoms with Crippen LogP contribution in [0.2, 0.25) is 0 Å². The van der Waals surface area contributed by atoms with Crippen LogP contribution in [0.5, 0.6) is 0 Å². The van der Waals surface area contributed by atoms with Crippen LogP contribution in [-0.4, -0.2) is 42.7 Å². The molecule has 106 valence electrons. The summed E-state index contributed by atoms with van der Waals surface area (Å²) in [7, 11) is 2.10. The van der Waals surface area contributed by atoms with Gasteiger partial charge in [-0.25, -0.2) is 0 Å². The maximum atomic E-state index is 5.89. The van der Waals surface area contributed by atoms with E-state index in [2.05, 4.69) is 40.6 Å². The van der Waals surface area contributed by atoms with Crippen LogP contribution in [0.4, 0.5) is 0 Å². The number of nitrogens with zero attached hydrogens (tertiary/aromatic N) is 2. The molecule has 20 heavy (non-hydrogen) atoms. The number of aromatic nitrogens is 1. The zero-order valence-electron chi connectivity index (χ0n) is 11.6. The summed E-state index contributed by atoms with van der Waals surface area (Å²) in [4.78, 5) is 6.76. The number of nitrogens with two attached hydrogens (primary N) is 1. The molecule has 0 bridgehead atoms. The molecule has 1 fully saturated rings. The molecule has 1 saturated heterocycles. The molecular weight excluding hydrogens is 252 g/mol. The molecule has 0 spiro atoms. The smallest absolute Gasteiger partial charge is 0.0910 e. The van der Waals surface area contributed by atoms with Gasteiger partial charge in [0.2, 0.25) is 0 Å². The second kappa shape index (κ2) is 5.85. The van der Waals surface area contributed by atoms with Crippen LogP contribution in [-0.2, 0) is 4.74 Å². The van der Waals surface area contributed by atoms with Crippen LogP contribution in [0, 0.1) is 0 Å². The molecule has 0 amide bonds. The Bertz CT molecular complexity index is 584. The Balaban J connectivity index is 1.98. The maximum Gasteiger partial charge on any atom is 0.0910 e. The number of morpholine rings is 1. The van der Waals surface area contributed by atoms with Gasteiger partial charge in [-0.05, 0) is 18.7 Å². The van der Waals surface area contributed by atoms with Crippen molar-refractivity contribution in [2.45, 2.75) is 12.1 Å². The van der Waals surface area contributed by atoms with Crippen LogP contribution in [0.15, 0.2) is 36.5 Å². The quantitative estimate of drug-likeness (QED) is 0.646. The van der Waals surface area contributed by atoms with E-state index >= 15 is 0 Å². The molecule has 5 heteroatoms. The van der Waals surface area contributed by atoms with Gasteiger partial charge >= 0.3 is 0 Å². The molecular formula is C15H20N4O. The van der Waals surface area contributed by atoms with Gasteiger partial charge in [-0.15, -0.1) is 0 Å². The van der Waals surface area contributed by atoms with Crippen LogP contribution in [0.3, 0.4) is 0 Å². The van der Waals surface area contributed by atoms with E-state index < -0.39 is 0 Å². The minimum Gasteiger partial charge on any atom is -0.374 e. The number of benzene rings is 1. The first-order valence-electron chi connectivity index (χ1n) is 6.89. The molecule has 1 aromatic carbocycles. The van der Waals surface area contributed by atoms with Gasteiger partial charge in [0, 0.05) is 24.7 Å². The third-order valence-corrected chi connectivity index (χ3v) is 3.85. The minimum atomic E-state index is -0.0589. The number of ether oxygens (including phenoxy) is 1. The summed E-state index contributed by atoms with van der Waals surface area (Å²) in [5, 5.41) is 1.12. The van der Waals surface area contributed by atoms with Gasteiger partial charge in [0.25, 0.3) is 0 Å². The van der Waals surface area contributed by atoms with Crippen molar-refractivity contribution >= 4 is 10.9 Å². The van der Waals surface area contributed by atoms with Gasteiger partial charge in [-0.2, -0.15) is 0 Å². The molecule has 3 rings (SSSR count). The lowest BCUT2D eigenvalue weighted by atomic mass is 9.98. The highest BCUT2D eigenvalue weighted by atomic mass is 16.5. The molecule has 1 aliphatic heterocycles. The van der Waals surface area contributed by atoms with Crippen molar-refractivity contribution in [2.75, 3.05) is 26.7 Å². The number of likely N-dealkylation sites (N-methyl/N-ethyl adjacent to an activating group) is 1. The Morgan fingerprint density at radius 1 is 1.40 bits per heavy atom. The Labute approximate surface area is 118 Å². The summed E-state index contributed by atoms with van der Waals surface area (Å²) in [6, 6.07) is 10.1. The highest BCUT2D eigenvalue weighted by molar-refractivity contribution is 5.82. The zero-order valence-corrected chi connectivity index (χ0v) is 11.6. The fourth-order valence-corrected chi connectivity index (χ4v) is 2.79. The van der Waals surface area contributed by atoms with Gasteiger partial charge in [-0.3, -0.25) is 16.3 Å². The summed E-state index contributed by atoms with van der Waals surface area (Å²) in [6.45, 7) is 2.55. The second-order valence-corrected chi connectivity index (χ2v) is 5.24. The standard InChI is InChI=1S/C15H20N4O/c1-19-8-9-20-13(10-19)15(18-16)12-6-2-4-11-5-3-7-17-14(11)12/h2-7,13,15,18H,8-10,16H2,1H3. The van der Waals surface area contributed by atoms with E-state index in [9.17, 15) is 0 Å². The first-order chi connectivity index (χ1) is 9.79. The number of nitrogens with one attached hydrogen (secondary N) is 1. The van der Waals surface area contributed by atoms with Crippen LogP contribution in [0.1, 0.15) is 11.6 Å². The number of fused-ring (bicyclic) bond motifs is 1. The molecule has 0 saturated carbocycles. The lowest BCUT2D eigenvalue weighted by Crippen LogP contribution is -2.48. The van der Waals surface area contributed by atoms with E-state index in [0.717, 1.165) is 36.2 Å². The fourth-order valence-electron chi connectivity index (χ4n) is 2.79. The Hall–Kier alpha value is -1.53. The van der Waals surface area contributed by atoms with Crippen molar-refractivity contribution in [3.05, 3.63) is 42.1 Å². The van der Waals surface area contributed by atoms with Gasteiger partial charge in [0.15, 0.2) is 0 Å². The largest absolute Gasteiger partial charge is 0.374 e. The zero-order chi connectivity index (χ0) is 13.9. The summed E-state index contributed by atoms with van der Waals surface area (Å²) in [6.07, 6.45) is 1.85. The molecule has 2 unspecified atom stereocenters. The Kier molecular flexibility index (Phi) is 3.93. The molecule has 2 aromatic rings.